The summed E-state index contributed by atoms with van der Waals surface area (Å²) in [4.78, 5) is 14.3. The maximum Gasteiger partial charge on any atom is 0.256 e. The summed E-state index contributed by atoms with van der Waals surface area (Å²) in [7, 11) is 0. The smallest absolute Gasteiger partial charge is 0.256 e. The number of hydrogen-bond acceptors (Lipinski definition) is 3. The molecule has 4 nitrogen and oxygen atoms in total. The average Bonchev–Trinajstić information content (AvgIpc) is 2.31. The number of amides is 1. The number of nitrogens with two attached hydrogens (primary N) is 1. The topological polar surface area (TPSA) is 66.6 Å². The third-order valence-corrected chi connectivity index (χ3v) is 3.67. The van der Waals surface area contributed by atoms with Crippen molar-refractivity contribution in [3.63, 3.8) is 0 Å². The lowest BCUT2D eigenvalue weighted by Crippen LogP contribution is -2.44. The van der Waals surface area contributed by atoms with E-state index in [1.165, 1.54) is 12.1 Å². The van der Waals surface area contributed by atoms with E-state index in [4.69, 9.17) is 5.73 Å². The molecule has 1 aliphatic heterocycles. The molecule has 2 unspecified atom stereocenters. The predicted octanol–water partition coefficient (Wildman–Crippen LogP) is 2.24. The fraction of sp³-hybridized carbons (Fsp3) is 0.500. The van der Waals surface area contributed by atoms with Crippen LogP contribution in [0.3, 0.4) is 0 Å². The first kappa shape index (κ1) is 12.7. The maximum atomic E-state index is 12.4. The van der Waals surface area contributed by atoms with Gasteiger partial charge in [0.25, 0.3) is 5.91 Å². The van der Waals surface area contributed by atoms with E-state index in [0.29, 0.717) is 17.2 Å². The minimum absolute atomic E-state index is 0.0746. The van der Waals surface area contributed by atoms with Crippen molar-refractivity contribution < 1.29 is 9.90 Å². The summed E-state index contributed by atoms with van der Waals surface area (Å²) < 4.78 is 0. The quantitative estimate of drug-likeness (QED) is 0.591. The fourth-order valence-corrected chi connectivity index (χ4v) is 2.59. The highest BCUT2D eigenvalue weighted by molar-refractivity contribution is 5.99. The van der Waals surface area contributed by atoms with Gasteiger partial charge in [-0.3, -0.25) is 4.79 Å². The number of benzene rings is 1. The molecular weight excluding hydrogens is 228 g/mol. The number of piperidine rings is 1. The van der Waals surface area contributed by atoms with Gasteiger partial charge in [0.15, 0.2) is 0 Å². The first-order chi connectivity index (χ1) is 8.49. The monoisotopic (exact) mass is 248 g/mol. The Morgan fingerprint density at radius 1 is 1.44 bits per heavy atom. The third-order valence-electron chi connectivity index (χ3n) is 3.67. The molecule has 2 atom stereocenters. The van der Waals surface area contributed by atoms with E-state index in [1.54, 1.807) is 6.07 Å². The molecule has 1 heterocycles. The Labute approximate surface area is 107 Å². The number of carbonyl (C=O) groups excluding carboxylic acids is 1. The molecule has 0 bridgehead atoms. The lowest BCUT2D eigenvalue weighted by Gasteiger charge is -2.36. The molecule has 1 aliphatic rings. The molecular formula is C14H20N2O2. The minimum atomic E-state index is -0.0807. The zero-order valence-electron chi connectivity index (χ0n) is 10.9. The molecule has 1 aromatic rings. The van der Waals surface area contributed by atoms with Crippen molar-refractivity contribution in [2.24, 2.45) is 5.92 Å². The van der Waals surface area contributed by atoms with Gasteiger partial charge in [-0.05, 0) is 43.9 Å². The molecule has 1 saturated heterocycles. The number of hydrogen-bond donors (Lipinski definition) is 2. The maximum absolute atomic E-state index is 12.4. The second kappa shape index (κ2) is 4.88. The van der Waals surface area contributed by atoms with E-state index >= 15 is 0 Å². The number of carbonyl (C=O) groups is 1. The lowest BCUT2D eigenvalue weighted by atomic mass is 9.92. The standard InChI is InChI=1S/C14H20N2O2/c1-9-5-6-16(10(2)7-9)14(18)12-8-11(17)3-4-13(12)15/h3-4,8-10,17H,5-7,15H2,1-2H3. The number of phenols is 1. The number of nitrogen functional groups attached to an aromatic ring is 1. The molecule has 0 aliphatic carbocycles. The molecule has 0 saturated carbocycles. The van der Waals surface area contributed by atoms with Gasteiger partial charge in [0.05, 0.1) is 5.56 Å². The van der Waals surface area contributed by atoms with Crippen LogP contribution in [0.1, 0.15) is 37.0 Å². The first-order valence-corrected chi connectivity index (χ1v) is 6.38. The van der Waals surface area contributed by atoms with E-state index in [1.807, 2.05) is 4.90 Å². The van der Waals surface area contributed by atoms with Crippen molar-refractivity contribution in [1.82, 2.24) is 4.90 Å². The molecule has 98 valence electrons. The van der Waals surface area contributed by atoms with Gasteiger partial charge in [-0.2, -0.15) is 0 Å². The number of anilines is 1. The zero-order valence-corrected chi connectivity index (χ0v) is 10.9. The summed E-state index contributed by atoms with van der Waals surface area (Å²) in [6, 6.07) is 4.73. The molecule has 3 N–H and O–H groups in total. The Bertz CT molecular complexity index is 459. The van der Waals surface area contributed by atoms with Crippen LogP contribution in [0.15, 0.2) is 18.2 Å². The van der Waals surface area contributed by atoms with E-state index < -0.39 is 0 Å². The molecule has 18 heavy (non-hydrogen) atoms. The second-order valence-corrected chi connectivity index (χ2v) is 5.25. The summed E-state index contributed by atoms with van der Waals surface area (Å²) in [5.41, 5.74) is 6.63. The van der Waals surface area contributed by atoms with Crippen molar-refractivity contribution in [1.29, 1.82) is 0 Å². The summed E-state index contributed by atoms with van der Waals surface area (Å²) in [5.74, 6) is 0.652. The van der Waals surface area contributed by atoms with Crippen molar-refractivity contribution in [2.45, 2.75) is 32.7 Å². The second-order valence-electron chi connectivity index (χ2n) is 5.25. The van der Waals surface area contributed by atoms with Crippen LogP contribution >= 0.6 is 0 Å². The van der Waals surface area contributed by atoms with Crippen LogP contribution in [-0.2, 0) is 0 Å². The average molecular weight is 248 g/mol. The zero-order chi connectivity index (χ0) is 13.3. The normalized spacial score (nSPS) is 24.0. The fourth-order valence-electron chi connectivity index (χ4n) is 2.59. The Morgan fingerprint density at radius 2 is 2.17 bits per heavy atom. The number of aromatic hydroxyl groups is 1. The van der Waals surface area contributed by atoms with Crippen molar-refractivity contribution in [3.05, 3.63) is 23.8 Å². The molecule has 0 spiro atoms. The van der Waals surface area contributed by atoms with Crippen LogP contribution in [-0.4, -0.2) is 28.5 Å². The van der Waals surface area contributed by atoms with Gasteiger partial charge >= 0.3 is 0 Å². The van der Waals surface area contributed by atoms with Gasteiger partial charge < -0.3 is 15.7 Å². The summed E-state index contributed by atoms with van der Waals surface area (Å²) >= 11 is 0. The molecule has 1 amide bonds. The molecule has 1 fully saturated rings. The highest BCUT2D eigenvalue weighted by Gasteiger charge is 2.28. The Morgan fingerprint density at radius 3 is 2.83 bits per heavy atom. The highest BCUT2D eigenvalue weighted by Crippen LogP contribution is 2.26. The van der Waals surface area contributed by atoms with Gasteiger partial charge in [-0.1, -0.05) is 6.92 Å². The number of likely N-dealkylation sites (tertiary alicyclic amines) is 1. The van der Waals surface area contributed by atoms with Crippen LogP contribution in [0.5, 0.6) is 5.75 Å². The van der Waals surface area contributed by atoms with Gasteiger partial charge in [-0.15, -0.1) is 0 Å². The molecule has 4 heteroatoms. The third kappa shape index (κ3) is 2.42. The number of nitrogens with zero attached hydrogens (tertiary/aromatic N) is 1. The SMILES string of the molecule is CC1CCN(C(=O)c2cc(O)ccc2N)C(C)C1. The highest BCUT2D eigenvalue weighted by atomic mass is 16.3. The van der Waals surface area contributed by atoms with Crippen LogP contribution < -0.4 is 5.73 Å². The van der Waals surface area contributed by atoms with E-state index in [0.717, 1.165) is 19.4 Å². The number of phenolic OH excluding ortho intramolecular Hbond substituents is 1. The van der Waals surface area contributed by atoms with Crippen molar-refractivity contribution in [2.75, 3.05) is 12.3 Å². The van der Waals surface area contributed by atoms with Crippen LogP contribution in [0, 0.1) is 5.92 Å². The molecule has 0 radical (unpaired) electrons. The minimum Gasteiger partial charge on any atom is -0.508 e. The lowest BCUT2D eigenvalue weighted by molar-refractivity contribution is 0.0589. The predicted molar refractivity (Wildman–Crippen MR) is 71.4 cm³/mol. The Kier molecular flexibility index (Phi) is 3.45. The first-order valence-electron chi connectivity index (χ1n) is 6.38. The number of rotatable bonds is 1. The van der Waals surface area contributed by atoms with Crippen molar-refractivity contribution in [3.8, 4) is 5.75 Å². The van der Waals surface area contributed by atoms with Crippen LogP contribution in [0.2, 0.25) is 0 Å². The largest absolute Gasteiger partial charge is 0.508 e. The Balaban J connectivity index is 2.23. The van der Waals surface area contributed by atoms with E-state index in [9.17, 15) is 9.90 Å². The van der Waals surface area contributed by atoms with Gasteiger partial charge in [-0.25, -0.2) is 0 Å². The summed E-state index contributed by atoms with van der Waals surface area (Å²) in [6.45, 7) is 5.03. The van der Waals surface area contributed by atoms with Gasteiger partial charge in [0.1, 0.15) is 5.75 Å². The van der Waals surface area contributed by atoms with E-state index in [-0.39, 0.29) is 17.7 Å². The summed E-state index contributed by atoms with van der Waals surface area (Å²) in [6.07, 6.45) is 2.04. The molecule has 0 aromatic heterocycles. The van der Waals surface area contributed by atoms with Crippen LogP contribution in [0.4, 0.5) is 5.69 Å². The van der Waals surface area contributed by atoms with Gasteiger partial charge in [0, 0.05) is 18.3 Å². The van der Waals surface area contributed by atoms with Crippen molar-refractivity contribution >= 4 is 11.6 Å². The molecule has 2 rings (SSSR count). The Hall–Kier alpha value is -1.71. The van der Waals surface area contributed by atoms with Crippen LogP contribution in [0.25, 0.3) is 0 Å². The van der Waals surface area contributed by atoms with Gasteiger partial charge in [0.2, 0.25) is 0 Å². The van der Waals surface area contributed by atoms with E-state index in [2.05, 4.69) is 13.8 Å². The molecule has 1 aromatic carbocycles. The summed E-state index contributed by atoms with van der Waals surface area (Å²) in [5, 5.41) is 9.47.